The number of anilines is 2. The van der Waals surface area contributed by atoms with E-state index in [4.69, 9.17) is 29.6 Å². The molecule has 0 aliphatic rings. The smallest absolute Gasteiger partial charge is 0.106 e. The van der Waals surface area contributed by atoms with Crippen LogP contribution in [-0.2, 0) is 0 Å². The van der Waals surface area contributed by atoms with Gasteiger partial charge < -0.3 is 11.1 Å². The molecule has 0 aliphatic heterocycles. The summed E-state index contributed by atoms with van der Waals surface area (Å²) in [6.45, 7) is 1.98. The first-order valence-electron chi connectivity index (χ1n) is 5.34. The van der Waals surface area contributed by atoms with E-state index < -0.39 is 0 Å². The molecule has 0 amide bonds. The molecule has 0 atom stereocenters. The largest absolute Gasteiger partial charge is 0.389 e. The minimum absolute atomic E-state index is 0.306. The normalized spacial score (nSPS) is 10.1. The fraction of sp³-hybridized carbons (Fsp3) is 0.0769. The van der Waals surface area contributed by atoms with Crippen LogP contribution in [0.25, 0.3) is 0 Å². The second-order valence-corrected chi connectivity index (χ2v) is 4.81. The number of halogens is 1. The van der Waals surface area contributed by atoms with Gasteiger partial charge in [-0.05, 0) is 36.8 Å². The van der Waals surface area contributed by atoms with Crippen molar-refractivity contribution in [3.05, 3.63) is 52.8 Å². The summed E-state index contributed by atoms with van der Waals surface area (Å²) >= 11 is 10.9. The Labute approximate surface area is 116 Å². The van der Waals surface area contributed by atoms with Crippen LogP contribution >= 0.6 is 23.8 Å². The summed E-state index contributed by atoms with van der Waals surface area (Å²) < 4.78 is 0. The maximum absolute atomic E-state index is 5.93. The van der Waals surface area contributed by atoms with Crippen LogP contribution in [0.15, 0.2) is 36.7 Å². The predicted molar refractivity (Wildman–Crippen MR) is 79.6 cm³/mol. The van der Waals surface area contributed by atoms with E-state index >= 15 is 0 Å². The van der Waals surface area contributed by atoms with Crippen LogP contribution in [0.2, 0.25) is 5.02 Å². The Bertz CT molecular complexity index is 599. The molecule has 2 rings (SSSR count). The number of thiocarbonyl (C=S) groups is 1. The zero-order valence-corrected chi connectivity index (χ0v) is 11.3. The first-order valence-corrected chi connectivity index (χ1v) is 6.13. The molecule has 0 bridgehead atoms. The Morgan fingerprint density at radius 3 is 2.78 bits per heavy atom. The van der Waals surface area contributed by atoms with Gasteiger partial charge in [0, 0.05) is 22.5 Å². The first-order chi connectivity index (χ1) is 8.56. The molecule has 1 aromatic carbocycles. The average Bonchev–Trinajstić information content (AvgIpc) is 2.31. The van der Waals surface area contributed by atoms with Gasteiger partial charge in [0.15, 0.2) is 0 Å². The van der Waals surface area contributed by atoms with Gasteiger partial charge >= 0.3 is 0 Å². The Kier molecular flexibility index (Phi) is 3.79. The lowest BCUT2D eigenvalue weighted by atomic mass is 10.1. The second kappa shape index (κ2) is 5.33. The van der Waals surface area contributed by atoms with Gasteiger partial charge in [0.05, 0.1) is 11.9 Å². The fourth-order valence-corrected chi connectivity index (χ4v) is 1.95. The van der Waals surface area contributed by atoms with E-state index in [-0.39, 0.29) is 0 Å². The van der Waals surface area contributed by atoms with Crippen molar-refractivity contribution < 1.29 is 0 Å². The van der Waals surface area contributed by atoms with Gasteiger partial charge in [0.1, 0.15) is 4.99 Å². The zero-order chi connectivity index (χ0) is 13.1. The molecule has 18 heavy (non-hydrogen) atoms. The molecule has 2 aromatic rings. The fourth-order valence-electron chi connectivity index (χ4n) is 1.61. The van der Waals surface area contributed by atoms with Crippen molar-refractivity contribution in [1.29, 1.82) is 0 Å². The van der Waals surface area contributed by atoms with Gasteiger partial charge in [-0.2, -0.15) is 0 Å². The highest BCUT2D eigenvalue weighted by Gasteiger charge is 2.06. The summed E-state index contributed by atoms with van der Waals surface area (Å²) in [7, 11) is 0. The van der Waals surface area contributed by atoms with E-state index in [0.29, 0.717) is 10.0 Å². The van der Waals surface area contributed by atoms with E-state index in [1.54, 1.807) is 24.5 Å². The Hall–Kier alpha value is -1.65. The van der Waals surface area contributed by atoms with E-state index in [2.05, 4.69) is 10.3 Å². The molecule has 0 saturated carbocycles. The van der Waals surface area contributed by atoms with Gasteiger partial charge in [0.25, 0.3) is 0 Å². The second-order valence-electron chi connectivity index (χ2n) is 3.93. The highest BCUT2D eigenvalue weighted by Crippen LogP contribution is 2.24. The van der Waals surface area contributed by atoms with Gasteiger partial charge in [-0.15, -0.1) is 0 Å². The SMILES string of the molecule is Cc1cncc(Nc2ccc(Cl)cc2C(N)=S)c1. The molecule has 5 heteroatoms. The molecular weight excluding hydrogens is 266 g/mol. The number of hydrogen-bond donors (Lipinski definition) is 2. The number of benzene rings is 1. The van der Waals surface area contributed by atoms with Crippen molar-refractivity contribution in [3.8, 4) is 0 Å². The number of aromatic nitrogens is 1. The molecule has 1 aromatic heterocycles. The van der Waals surface area contributed by atoms with Crippen LogP contribution in [-0.4, -0.2) is 9.97 Å². The van der Waals surface area contributed by atoms with E-state index in [1.165, 1.54) is 0 Å². The van der Waals surface area contributed by atoms with Crippen LogP contribution in [0.4, 0.5) is 11.4 Å². The van der Waals surface area contributed by atoms with Crippen molar-refractivity contribution >= 4 is 40.2 Å². The third-order valence-corrected chi connectivity index (χ3v) is 2.86. The van der Waals surface area contributed by atoms with Crippen LogP contribution in [0.3, 0.4) is 0 Å². The molecule has 0 saturated heterocycles. The predicted octanol–water partition coefficient (Wildman–Crippen LogP) is 3.42. The Balaban J connectivity index is 2.37. The number of rotatable bonds is 3. The summed E-state index contributed by atoms with van der Waals surface area (Å²) in [6, 6.07) is 7.37. The van der Waals surface area contributed by atoms with Crippen molar-refractivity contribution in [2.24, 2.45) is 5.73 Å². The molecule has 0 radical (unpaired) electrons. The quantitative estimate of drug-likeness (QED) is 0.844. The van der Waals surface area contributed by atoms with Gasteiger partial charge in [-0.1, -0.05) is 23.8 Å². The standard InChI is InChI=1S/C13H12ClN3S/c1-8-4-10(7-16-6-8)17-12-3-2-9(14)5-11(12)13(15)18/h2-7,17H,1H3,(H2,15,18). The molecule has 1 heterocycles. The summed E-state index contributed by atoms with van der Waals surface area (Å²) in [4.78, 5) is 4.43. The first kappa shape index (κ1) is 12.8. The highest BCUT2D eigenvalue weighted by atomic mass is 35.5. The van der Waals surface area contributed by atoms with Crippen LogP contribution in [0, 0.1) is 6.92 Å². The highest BCUT2D eigenvalue weighted by molar-refractivity contribution is 7.80. The minimum Gasteiger partial charge on any atom is -0.389 e. The van der Waals surface area contributed by atoms with Crippen LogP contribution in [0.1, 0.15) is 11.1 Å². The molecule has 0 fully saturated rings. The average molecular weight is 278 g/mol. The molecule has 0 aliphatic carbocycles. The lowest BCUT2D eigenvalue weighted by Gasteiger charge is -2.11. The molecular formula is C13H12ClN3S. The number of aryl methyl sites for hydroxylation is 1. The van der Waals surface area contributed by atoms with Crippen LogP contribution in [0.5, 0.6) is 0 Å². The third kappa shape index (κ3) is 2.97. The molecule has 3 nitrogen and oxygen atoms in total. The summed E-state index contributed by atoms with van der Waals surface area (Å²) in [5.74, 6) is 0. The third-order valence-electron chi connectivity index (χ3n) is 2.40. The monoisotopic (exact) mass is 277 g/mol. The van der Waals surface area contributed by atoms with Gasteiger partial charge in [0.2, 0.25) is 0 Å². The lowest BCUT2D eigenvalue weighted by molar-refractivity contribution is 1.26. The molecule has 92 valence electrons. The van der Waals surface area contributed by atoms with Crippen LogP contribution < -0.4 is 11.1 Å². The topological polar surface area (TPSA) is 50.9 Å². The maximum Gasteiger partial charge on any atom is 0.106 e. The molecule has 0 spiro atoms. The summed E-state index contributed by atoms with van der Waals surface area (Å²) in [5.41, 5.74) is 9.18. The van der Waals surface area contributed by atoms with Crippen molar-refractivity contribution in [3.63, 3.8) is 0 Å². The Morgan fingerprint density at radius 1 is 1.33 bits per heavy atom. The summed E-state index contributed by atoms with van der Waals surface area (Å²) in [6.07, 6.45) is 3.53. The zero-order valence-electron chi connectivity index (χ0n) is 9.77. The van der Waals surface area contributed by atoms with Crippen molar-refractivity contribution in [2.75, 3.05) is 5.32 Å². The van der Waals surface area contributed by atoms with E-state index in [1.807, 2.05) is 19.1 Å². The van der Waals surface area contributed by atoms with Crippen molar-refractivity contribution in [1.82, 2.24) is 4.98 Å². The minimum atomic E-state index is 0.306. The maximum atomic E-state index is 5.93. The van der Waals surface area contributed by atoms with E-state index in [0.717, 1.165) is 22.5 Å². The number of nitrogens with zero attached hydrogens (tertiary/aromatic N) is 1. The van der Waals surface area contributed by atoms with Crippen molar-refractivity contribution in [2.45, 2.75) is 6.92 Å². The number of pyridine rings is 1. The number of nitrogens with one attached hydrogen (secondary N) is 1. The number of nitrogens with two attached hydrogens (primary N) is 1. The molecule has 0 unspecified atom stereocenters. The van der Waals surface area contributed by atoms with E-state index in [9.17, 15) is 0 Å². The number of hydrogen-bond acceptors (Lipinski definition) is 3. The van der Waals surface area contributed by atoms with Gasteiger partial charge in [-0.25, -0.2) is 0 Å². The summed E-state index contributed by atoms with van der Waals surface area (Å²) in [5, 5.41) is 3.84. The molecule has 3 N–H and O–H groups in total. The lowest BCUT2D eigenvalue weighted by Crippen LogP contribution is -2.12. The Morgan fingerprint density at radius 2 is 2.11 bits per heavy atom. The van der Waals surface area contributed by atoms with Gasteiger partial charge in [-0.3, -0.25) is 4.98 Å².